The number of benzene rings is 2. The number of aromatic nitrogens is 4. The first-order chi connectivity index (χ1) is 14.8. The topological polar surface area (TPSA) is 75.6 Å². The van der Waals surface area contributed by atoms with Crippen LogP contribution in [0.1, 0.15) is 27.4 Å². The van der Waals surface area contributed by atoms with Crippen LogP contribution in [0.5, 0.6) is 0 Å². The Bertz CT molecular complexity index is 1280. The van der Waals surface area contributed by atoms with Gasteiger partial charge < -0.3 is 5.32 Å². The van der Waals surface area contributed by atoms with Gasteiger partial charge in [0.1, 0.15) is 5.69 Å². The quantitative estimate of drug-likeness (QED) is 0.364. The maximum Gasteiger partial charge on any atom is 0.273 e. The fraction of sp³-hybridized carbons (Fsp3) is 0.136. The van der Waals surface area contributed by atoms with E-state index >= 15 is 0 Å². The normalized spacial score (nSPS) is 11.0. The fourth-order valence-electron chi connectivity index (χ4n) is 3.27. The summed E-state index contributed by atoms with van der Waals surface area (Å²) in [6.07, 6.45) is 0. The van der Waals surface area contributed by atoms with E-state index in [1.165, 1.54) is 0 Å². The van der Waals surface area contributed by atoms with E-state index < -0.39 is 0 Å². The lowest BCUT2D eigenvalue weighted by Crippen LogP contribution is -2.14. The van der Waals surface area contributed by atoms with E-state index in [2.05, 4.69) is 20.6 Å². The van der Waals surface area contributed by atoms with Crippen molar-refractivity contribution >= 4 is 46.4 Å². The number of hydrogen-bond acceptors (Lipinski definition) is 3. The first-order valence-corrected chi connectivity index (χ1v) is 10.6. The zero-order chi connectivity index (χ0) is 22.1. The van der Waals surface area contributed by atoms with Crippen molar-refractivity contribution in [2.75, 3.05) is 5.32 Å². The van der Waals surface area contributed by atoms with Crippen molar-refractivity contribution < 1.29 is 4.79 Å². The highest BCUT2D eigenvalue weighted by Gasteiger charge is 2.18. The minimum Gasteiger partial charge on any atom is -0.318 e. The minimum absolute atomic E-state index is 0.304. The van der Waals surface area contributed by atoms with Gasteiger partial charge in [-0.1, -0.05) is 53.0 Å². The van der Waals surface area contributed by atoms with Gasteiger partial charge in [-0.05, 0) is 49.7 Å². The first kappa shape index (κ1) is 21.4. The highest BCUT2D eigenvalue weighted by Crippen LogP contribution is 2.30. The van der Waals surface area contributed by atoms with Crippen molar-refractivity contribution in [1.29, 1.82) is 0 Å². The molecule has 2 N–H and O–H groups in total. The van der Waals surface area contributed by atoms with E-state index in [0.29, 0.717) is 49.9 Å². The molecule has 158 valence electrons. The molecular formula is C22H18Cl3N5O. The molecule has 1 amide bonds. The van der Waals surface area contributed by atoms with Crippen LogP contribution in [0.2, 0.25) is 15.1 Å². The molecule has 0 radical (unpaired) electrons. The number of aryl methyl sites for hydroxylation is 1. The van der Waals surface area contributed by atoms with Gasteiger partial charge in [-0.25, -0.2) is 0 Å². The summed E-state index contributed by atoms with van der Waals surface area (Å²) < 4.78 is 1.82. The molecule has 31 heavy (non-hydrogen) atoms. The van der Waals surface area contributed by atoms with E-state index in [4.69, 9.17) is 34.8 Å². The second-order valence-electron chi connectivity index (χ2n) is 7.04. The largest absolute Gasteiger partial charge is 0.318 e. The van der Waals surface area contributed by atoms with Crippen LogP contribution in [-0.2, 0) is 6.54 Å². The number of hydrogen-bond donors (Lipinski definition) is 2. The van der Waals surface area contributed by atoms with Crippen molar-refractivity contribution in [1.82, 2.24) is 20.0 Å². The maximum absolute atomic E-state index is 12.8. The van der Waals surface area contributed by atoms with Gasteiger partial charge in [0, 0.05) is 15.6 Å². The summed E-state index contributed by atoms with van der Waals surface area (Å²) >= 11 is 18.5. The Morgan fingerprint density at radius 2 is 1.84 bits per heavy atom. The Kier molecular flexibility index (Phi) is 6.05. The fourth-order valence-corrected chi connectivity index (χ4v) is 3.97. The van der Waals surface area contributed by atoms with E-state index in [1.807, 2.05) is 42.8 Å². The average Bonchev–Trinajstić information content (AvgIpc) is 3.31. The number of H-pyrrole nitrogens is 1. The molecule has 4 rings (SSSR count). The van der Waals surface area contributed by atoms with Gasteiger partial charge in [-0.15, -0.1) is 0 Å². The van der Waals surface area contributed by atoms with Crippen molar-refractivity contribution in [3.63, 3.8) is 0 Å². The molecule has 0 unspecified atom stereocenters. The molecule has 0 atom stereocenters. The lowest BCUT2D eigenvalue weighted by Gasteiger charge is -2.08. The lowest BCUT2D eigenvalue weighted by molar-refractivity contribution is 0.102. The number of anilines is 1. The molecule has 0 saturated heterocycles. The number of nitrogens with one attached hydrogen (secondary N) is 2. The van der Waals surface area contributed by atoms with Gasteiger partial charge in [0.25, 0.3) is 5.91 Å². The van der Waals surface area contributed by atoms with E-state index in [9.17, 15) is 4.79 Å². The molecule has 0 aliphatic heterocycles. The van der Waals surface area contributed by atoms with Crippen LogP contribution in [0.4, 0.5) is 5.69 Å². The zero-order valence-electron chi connectivity index (χ0n) is 16.7. The molecule has 0 saturated carbocycles. The van der Waals surface area contributed by atoms with Crippen LogP contribution in [0.25, 0.3) is 11.3 Å². The molecule has 2 heterocycles. The molecule has 0 spiro atoms. The Morgan fingerprint density at radius 3 is 2.58 bits per heavy atom. The predicted octanol–water partition coefficient (Wildman–Crippen LogP) is 6.15. The monoisotopic (exact) mass is 473 g/mol. The molecule has 6 nitrogen and oxygen atoms in total. The van der Waals surface area contributed by atoms with E-state index in [1.54, 1.807) is 24.3 Å². The van der Waals surface area contributed by atoms with Crippen LogP contribution in [0.3, 0.4) is 0 Å². The number of carbonyl (C=O) groups excluding carboxylic acids is 1. The van der Waals surface area contributed by atoms with Crippen LogP contribution in [0, 0.1) is 13.8 Å². The summed E-state index contributed by atoms with van der Waals surface area (Å²) in [5.74, 6) is -0.327. The highest BCUT2D eigenvalue weighted by atomic mass is 35.5. The summed E-state index contributed by atoms with van der Waals surface area (Å²) in [6.45, 7) is 4.25. The number of amides is 1. The summed E-state index contributed by atoms with van der Waals surface area (Å²) in [7, 11) is 0. The minimum atomic E-state index is -0.327. The van der Waals surface area contributed by atoms with Crippen LogP contribution < -0.4 is 5.32 Å². The van der Waals surface area contributed by atoms with Gasteiger partial charge >= 0.3 is 0 Å². The van der Waals surface area contributed by atoms with Crippen LogP contribution >= 0.6 is 34.8 Å². The van der Waals surface area contributed by atoms with Gasteiger partial charge in [0.05, 0.1) is 34.3 Å². The number of aromatic amines is 1. The van der Waals surface area contributed by atoms with Crippen molar-refractivity contribution in [2.24, 2.45) is 0 Å². The first-order valence-electron chi connectivity index (χ1n) is 9.43. The zero-order valence-corrected chi connectivity index (χ0v) is 19.0. The Morgan fingerprint density at radius 1 is 1.06 bits per heavy atom. The van der Waals surface area contributed by atoms with E-state index in [-0.39, 0.29) is 5.91 Å². The van der Waals surface area contributed by atoms with Gasteiger partial charge in [-0.2, -0.15) is 10.2 Å². The third kappa shape index (κ3) is 4.46. The van der Waals surface area contributed by atoms with Crippen molar-refractivity contribution in [3.05, 3.63) is 86.2 Å². The third-order valence-electron chi connectivity index (χ3n) is 4.93. The smallest absolute Gasteiger partial charge is 0.273 e. The Balaban J connectivity index is 1.55. The van der Waals surface area contributed by atoms with Crippen molar-refractivity contribution in [3.8, 4) is 11.3 Å². The van der Waals surface area contributed by atoms with Gasteiger partial charge in [0.2, 0.25) is 0 Å². The third-order valence-corrected chi connectivity index (χ3v) is 5.84. The summed E-state index contributed by atoms with van der Waals surface area (Å²) in [5, 5.41) is 16.1. The maximum atomic E-state index is 12.8. The number of carbonyl (C=O) groups is 1. The molecule has 2 aromatic heterocycles. The molecule has 4 aromatic rings. The molecule has 2 aromatic carbocycles. The molecule has 0 aliphatic rings. The van der Waals surface area contributed by atoms with Crippen molar-refractivity contribution in [2.45, 2.75) is 20.4 Å². The molecule has 0 aliphatic carbocycles. The summed E-state index contributed by atoms with van der Waals surface area (Å²) in [4.78, 5) is 12.8. The number of nitrogens with zero attached hydrogens (tertiary/aromatic N) is 3. The Hall–Kier alpha value is -2.80. The molecule has 0 bridgehead atoms. The predicted molar refractivity (Wildman–Crippen MR) is 124 cm³/mol. The summed E-state index contributed by atoms with van der Waals surface area (Å²) in [6, 6.07) is 14.4. The van der Waals surface area contributed by atoms with E-state index in [0.717, 1.165) is 11.3 Å². The van der Waals surface area contributed by atoms with Crippen LogP contribution in [0.15, 0.2) is 48.5 Å². The standard InChI is InChI=1S/C22H18Cl3N5O/c1-12-21(13(2)30(29-12)11-14-5-3-4-6-17(14)24)26-22(31)20-10-19(27-28-20)16-8-7-15(23)9-18(16)25/h3-10H,11H2,1-2H3,(H,26,31)(H,27,28). The molecular weight excluding hydrogens is 457 g/mol. The van der Waals surface area contributed by atoms with Crippen LogP contribution in [-0.4, -0.2) is 25.9 Å². The number of halogens is 3. The lowest BCUT2D eigenvalue weighted by atomic mass is 10.1. The average molecular weight is 475 g/mol. The second kappa shape index (κ2) is 8.75. The van der Waals surface area contributed by atoms with Gasteiger partial charge in [0.15, 0.2) is 0 Å². The highest BCUT2D eigenvalue weighted by molar-refractivity contribution is 6.36. The Labute approximate surface area is 194 Å². The SMILES string of the molecule is Cc1nn(Cc2ccccc2Cl)c(C)c1NC(=O)c1cc(-c2ccc(Cl)cc2Cl)n[nH]1. The number of rotatable bonds is 5. The van der Waals surface area contributed by atoms with Gasteiger partial charge in [-0.3, -0.25) is 14.6 Å². The second-order valence-corrected chi connectivity index (χ2v) is 8.29. The molecule has 0 fully saturated rings. The summed E-state index contributed by atoms with van der Waals surface area (Å²) in [5.41, 5.74) is 4.67. The molecule has 9 heteroatoms.